The second kappa shape index (κ2) is 6.96. The predicted octanol–water partition coefficient (Wildman–Crippen LogP) is 3.54. The topological polar surface area (TPSA) is 74.4 Å². The zero-order valence-corrected chi connectivity index (χ0v) is 15.4. The van der Waals surface area contributed by atoms with E-state index < -0.39 is 0 Å². The third-order valence-corrected chi connectivity index (χ3v) is 5.01. The van der Waals surface area contributed by atoms with Crippen LogP contribution in [0.2, 0.25) is 5.02 Å². The Morgan fingerprint density at radius 1 is 1.22 bits per heavy atom. The number of aromatic nitrogens is 1. The number of rotatable bonds is 4. The average Bonchev–Trinajstić information content (AvgIpc) is 3.04. The van der Waals surface area contributed by atoms with E-state index in [2.05, 4.69) is 10.3 Å². The van der Waals surface area contributed by atoms with Crippen LogP contribution in [0.25, 0.3) is 10.9 Å². The summed E-state index contributed by atoms with van der Waals surface area (Å²) in [5, 5.41) is 4.23. The number of H-pyrrole nitrogens is 1. The highest BCUT2D eigenvalue weighted by atomic mass is 35.5. The van der Waals surface area contributed by atoms with Crippen molar-refractivity contribution in [2.24, 2.45) is 5.92 Å². The van der Waals surface area contributed by atoms with Crippen molar-refractivity contribution >= 4 is 40.0 Å². The molecular formula is C20H18ClN3O3. The minimum absolute atomic E-state index is 0.0724. The Bertz CT molecular complexity index is 1020. The van der Waals surface area contributed by atoms with E-state index in [4.69, 9.17) is 16.3 Å². The summed E-state index contributed by atoms with van der Waals surface area (Å²) in [6, 6.07) is 12.7. The molecule has 4 rings (SSSR count). The first-order valence-corrected chi connectivity index (χ1v) is 8.94. The van der Waals surface area contributed by atoms with Gasteiger partial charge in [-0.15, -0.1) is 0 Å². The van der Waals surface area contributed by atoms with Gasteiger partial charge in [0.05, 0.1) is 24.3 Å². The van der Waals surface area contributed by atoms with Gasteiger partial charge in [-0.1, -0.05) is 29.8 Å². The molecule has 1 aliphatic heterocycles. The van der Waals surface area contributed by atoms with Gasteiger partial charge in [0.1, 0.15) is 5.75 Å². The smallest absolute Gasteiger partial charge is 0.256 e. The molecule has 0 unspecified atom stereocenters. The molecule has 6 nitrogen and oxygen atoms in total. The fraction of sp³-hybridized carbons (Fsp3) is 0.200. The lowest BCUT2D eigenvalue weighted by Crippen LogP contribution is -2.54. The number of carbonyl (C=O) groups excluding carboxylic acids is 2. The van der Waals surface area contributed by atoms with Crippen LogP contribution in [0.15, 0.2) is 48.7 Å². The molecule has 2 heterocycles. The Hall–Kier alpha value is -2.99. The summed E-state index contributed by atoms with van der Waals surface area (Å²) in [5.74, 6) is 0.0528. The van der Waals surface area contributed by atoms with Crippen molar-refractivity contribution in [2.45, 2.75) is 0 Å². The molecule has 0 aliphatic carbocycles. The number of carbonyl (C=O) groups is 2. The first-order valence-electron chi connectivity index (χ1n) is 8.56. The maximum Gasteiger partial charge on any atom is 0.256 e. The number of likely N-dealkylation sites (tertiary alicyclic amines) is 1. The van der Waals surface area contributed by atoms with Crippen LogP contribution in [-0.4, -0.2) is 41.9 Å². The third kappa shape index (κ3) is 3.24. The van der Waals surface area contributed by atoms with Gasteiger partial charge in [0.25, 0.3) is 5.91 Å². The lowest BCUT2D eigenvalue weighted by atomic mass is 9.97. The fourth-order valence-electron chi connectivity index (χ4n) is 3.24. The van der Waals surface area contributed by atoms with Gasteiger partial charge in [-0.2, -0.15) is 0 Å². The molecule has 7 heteroatoms. The predicted molar refractivity (Wildman–Crippen MR) is 104 cm³/mol. The highest BCUT2D eigenvalue weighted by Crippen LogP contribution is 2.29. The Morgan fingerprint density at radius 2 is 2.00 bits per heavy atom. The number of hydrogen-bond donors (Lipinski definition) is 2. The van der Waals surface area contributed by atoms with Crippen molar-refractivity contribution in [3.63, 3.8) is 0 Å². The Kier molecular flexibility index (Phi) is 4.49. The first-order chi connectivity index (χ1) is 13.1. The molecule has 0 atom stereocenters. The van der Waals surface area contributed by atoms with Crippen molar-refractivity contribution in [3.05, 3.63) is 59.2 Å². The van der Waals surface area contributed by atoms with Crippen molar-refractivity contribution < 1.29 is 14.3 Å². The van der Waals surface area contributed by atoms with Crippen molar-refractivity contribution in [1.29, 1.82) is 0 Å². The number of nitrogens with one attached hydrogen (secondary N) is 2. The number of hydrogen-bond acceptors (Lipinski definition) is 3. The van der Waals surface area contributed by atoms with Gasteiger partial charge in [-0.05, 0) is 24.3 Å². The fourth-order valence-corrected chi connectivity index (χ4v) is 3.41. The van der Waals surface area contributed by atoms with E-state index in [1.54, 1.807) is 29.3 Å². The monoisotopic (exact) mass is 383 g/mol. The van der Waals surface area contributed by atoms with Gasteiger partial charge in [0.2, 0.25) is 5.91 Å². The number of nitrogens with zero attached hydrogens (tertiary/aromatic N) is 1. The van der Waals surface area contributed by atoms with Crippen LogP contribution < -0.4 is 10.1 Å². The van der Waals surface area contributed by atoms with Gasteiger partial charge in [0, 0.05) is 35.2 Å². The second-order valence-corrected chi connectivity index (χ2v) is 6.93. The van der Waals surface area contributed by atoms with E-state index in [0.29, 0.717) is 35.1 Å². The standard InChI is InChI=1S/C20H18ClN3O3/c1-27-18-7-6-13(21)8-17(18)23-19(25)12-10-24(11-12)20(26)15-9-22-16-5-3-2-4-14(15)16/h2-9,12,22H,10-11H2,1H3,(H,23,25). The van der Waals surface area contributed by atoms with Gasteiger partial charge >= 0.3 is 0 Å². The van der Waals surface area contributed by atoms with Crippen LogP contribution in [0.5, 0.6) is 5.75 Å². The van der Waals surface area contributed by atoms with Gasteiger partial charge < -0.3 is 19.9 Å². The molecule has 0 saturated carbocycles. The summed E-state index contributed by atoms with van der Waals surface area (Å²) in [4.78, 5) is 30.0. The molecule has 0 radical (unpaired) electrons. The van der Waals surface area contributed by atoms with E-state index in [0.717, 1.165) is 10.9 Å². The summed E-state index contributed by atoms with van der Waals surface area (Å²) in [6.45, 7) is 0.764. The number of methoxy groups -OCH3 is 1. The quantitative estimate of drug-likeness (QED) is 0.723. The zero-order chi connectivity index (χ0) is 19.0. The number of ether oxygens (including phenoxy) is 1. The Morgan fingerprint density at radius 3 is 2.78 bits per heavy atom. The number of aromatic amines is 1. The molecule has 1 aliphatic rings. The van der Waals surface area contributed by atoms with E-state index >= 15 is 0 Å². The van der Waals surface area contributed by atoms with E-state index in [1.165, 1.54) is 7.11 Å². The lowest BCUT2D eigenvalue weighted by Gasteiger charge is -2.38. The molecule has 27 heavy (non-hydrogen) atoms. The van der Waals surface area contributed by atoms with E-state index in [-0.39, 0.29) is 17.7 Å². The molecule has 1 fully saturated rings. The SMILES string of the molecule is COc1ccc(Cl)cc1NC(=O)C1CN(C(=O)c2c[nH]c3ccccc23)C1. The second-order valence-electron chi connectivity index (χ2n) is 6.49. The number of amides is 2. The molecule has 0 bridgehead atoms. The molecular weight excluding hydrogens is 366 g/mol. The van der Waals surface area contributed by atoms with E-state index in [9.17, 15) is 9.59 Å². The lowest BCUT2D eigenvalue weighted by molar-refractivity contribution is -0.123. The molecule has 1 aromatic heterocycles. The number of para-hydroxylation sites is 1. The average molecular weight is 384 g/mol. The van der Waals surface area contributed by atoms with Crippen molar-refractivity contribution in [2.75, 3.05) is 25.5 Å². The first kappa shape index (κ1) is 17.4. The largest absolute Gasteiger partial charge is 0.495 e. The summed E-state index contributed by atoms with van der Waals surface area (Å²) >= 11 is 5.99. The third-order valence-electron chi connectivity index (χ3n) is 4.78. The Balaban J connectivity index is 1.41. The number of anilines is 1. The molecule has 0 spiro atoms. The van der Waals surface area contributed by atoms with Gasteiger partial charge in [0.15, 0.2) is 0 Å². The van der Waals surface area contributed by atoms with E-state index in [1.807, 2.05) is 24.3 Å². The van der Waals surface area contributed by atoms with Crippen molar-refractivity contribution in [1.82, 2.24) is 9.88 Å². The van der Waals surface area contributed by atoms with Crippen molar-refractivity contribution in [3.8, 4) is 5.75 Å². The van der Waals surface area contributed by atoms with Crippen LogP contribution in [0.4, 0.5) is 5.69 Å². The summed E-state index contributed by atoms with van der Waals surface area (Å²) in [5.41, 5.74) is 2.07. The number of halogens is 1. The van der Waals surface area contributed by atoms with Gasteiger partial charge in [-0.3, -0.25) is 9.59 Å². The minimum atomic E-state index is -0.261. The minimum Gasteiger partial charge on any atom is -0.495 e. The highest BCUT2D eigenvalue weighted by molar-refractivity contribution is 6.31. The molecule has 138 valence electrons. The van der Waals surface area contributed by atoms with Crippen LogP contribution in [0.1, 0.15) is 10.4 Å². The van der Waals surface area contributed by atoms with Crippen LogP contribution in [0, 0.1) is 5.92 Å². The highest BCUT2D eigenvalue weighted by Gasteiger charge is 2.37. The maximum atomic E-state index is 12.7. The van der Waals surface area contributed by atoms with Crippen LogP contribution in [0.3, 0.4) is 0 Å². The molecule has 2 amide bonds. The number of fused-ring (bicyclic) bond motifs is 1. The molecule has 3 aromatic rings. The summed E-state index contributed by atoms with van der Waals surface area (Å²) in [6.07, 6.45) is 1.72. The van der Waals surface area contributed by atoms with Gasteiger partial charge in [-0.25, -0.2) is 0 Å². The molecule has 2 aromatic carbocycles. The summed E-state index contributed by atoms with van der Waals surface area (Å²) < 4.78 is 5.24. The summed E-state index contributed by atoms with van der Waals surface area (Å²) in [7, 11) is 1.53. The maximum absolute atomic E-state index is 12.7. The number of benzene rings is 2. The molecule has 2 N–H and O–H groups in total. The van der Waals surface area contributed by atoms with Crippen LogP contribution in [-0.2, 0) is 4.79 Å². The zero-order valence-electron chi connectivity index (χ0n) is 14.7. The van der Waals surface area contributed by atoms with Crippen LogP contribution >= 0.6 is 11.6 Å². The normalized spacial score (nSPS) is 14.1. The molecule has 1 saturated heterocycles. The Labute approximate surface area is 161 Å².